The molecular weight excluding hydrogens is 478 g/mol. The number of carbonyl (C=O) groups excluding carboxylic acids is 1. The molecule has 3 atom stereocenters. The van der Waals surface area contributed by atoms with Gasteiger partial charge in [-0.05, 0) is 29.9 Å². The number of amides is 1. The number of nitrogens with zero attached hydrogens (tertiary/aromatic N) is 1. The van der Waals surface area contributed by atoms with Gasteiger partial charge < -0.3 is 15.5 Å². The lowest BCUT2D eigenvalue weighted by atomic mass is 9.61. The van der Waals surface area contributed by atoms with Crippen molar-refractivity contribution in [1.29, 1.82) is 0 Å². The van der Waals surface area contributed by atoms with Crippen molar-refractivity contribution in [1.82, 2.24) is 9.97 Å². The Balaban J connectivity index is 1.95. The van der Waals surface area contributed by atoms with Crippen molar-refractivity contribution in [3.05, 3.63) is 69.3 Å². The smallest absolute Gasteiger partial charge is 0.268 e. The van der Waals surface area contributed by atoms with Crippen molar-refractivity contribution >= 4 is 16.8 Å². The number of fused-ring (bicyclic) bond motifs is 1. The van der Waals surface area contributed by atoms with Crippen LogP contribution in [-0.4, -0.2) is 28.9 Å². The van der Waals surface area contributed by atoms with Gasteiger partial charge in [0.2, 0.25) is 5.82 Å². The number of hydrogen-bond acceptors (Lipinski definition) is 4. The van der Waals surface area contributed by atoms with Crippen molar-refractivity contribution < 1.29 is 27.1 Å². The number of primary amides is 1. The molecule has 0 saturated heterocycles. The van der Waals surface area contributed by atoms with Gasteiger partial charge in [0.05, 0.1) is 18.0 Å². The van der Waals surface area contributed by atoms with E-state index in [1.165, 1.54) is 25.4 Å². The lowest BCUT2D eigenvalue weighted by Crippen LogP contribution is -2.45. The van der Waals surface area contributed by atoms with E-state index in [1.807, 2.05) is 0 Å². The zero-order valence-electron chi connectivity index (χ0n) is 20.3. The molecule has 3 N–H and O–H groups in total. The van der Waals surface area contributed by atoms with E-state index in [0.717, 1.165) is 12.1 Å². The molecule has 0 aliphatic heterocycles. The summed E-state index contributed by atoms with van der Waals surface area (Å²) in [7, 11) is 1.19. The van der Waals surface area contributed by atoms with Gasteiger partial charge in [-0.15, -0.1) is 0 Å². The number of ether oxygens (including phenoxy) is 1. The molecule has 1 aromatic carbocycles. The minimum absolute atomic E-state index is 0.0501. The average molecular weight is 506 g/mol. The van der Waals surface area contributed by atoms with Gasteiger partial charge in [-0.2, -0.15) is 4.39 Å². The monoisotopic (exact) mass is 505 g/mol. The molecule has 36 heavy (non-hydrogen) atoms. The fourth-order valence-corrected chi connectivity index (χ4v) is 5.48. The molecule has 1 amide bonds. The SMILES string of the molecule is COc1c([C@H]2C[C@H](C(C)(C)C)C(F)(F)C[C@@H]2c2cc(=O)c3c(C(N)=O)nccc3[nH]2)ccc(F)c1F. The van der Waals surface area contributed by atoms with Crippen LogP contribution < -0.4 is 15.9 Å². The fraction of sp³-hybridized carbons (Fsp3) is 0.423. The van der Waals surface area contributed by atoms with Gasteiger partial charge in [-0.3, -0.25) is 14.6 Å². The maximum atomic E-state index is 15.6. The standard InChI is InChI=1S/C26H27F4N3O3/c1-25(2,3)19-9-13(12-5-6-15(27)21(28)23(12)36-4)14(11-26(19,29)30)17-10-18(34)20-16(33-17)7-8-32-22(20)24(31)35/h5-8,10,13-14,19H,9,11H2,1-4H3,(H2,31,35)(H,33,34)/t13-,14+,19-/m1/s1. The van der Waals surface area contributed by atoms with Gasteiger partial charge in [-0.25, -0.2) is 13.2 Å². The van der Waals surface area contributed by atoms with Crippen LogP contribution in [0, 0.1) is 23.0 Å². The van der Waals surface area contributed by atoms with Crippen LogP contribution in [0.15, 0.2) is 35.3 Å². The highest BCUT2D eigenvalue weighted by Crippen LogP contribution is 2.57. The van der Waals surface area contributed by atoms with Gasteiger partial charge in [0.15, 0.2) is 17.0 Å². The Labute approximate surface area is 204 Å². The number of alkyl halides is 2. The minimum Gasteiger partial charge on any atom is -0.493 e. The summed E-state index contributed by atoms with van der Waals surface area (Å²) in [6.45, 7) is 5.13. The van der Waals surface area contributed by atoms with Crippen molar-refractivity contribution in [2.24, 2.45) is 17.1 Å². The summed E-state index contributed by atoms with van der Waals surface area (Å²) < 4.78 is 65.0. The number of nitrogens with two attached hydrogens (primary N) is 1. The summed E-state index contributed by atoms with van der Waals surface area (Å²) in [5.74, 6) is -9.49. The Kier molecular flexibility index (Phi) is 6.34. The lowest BCUT2D eigenvalue weighted by molar-refractivity contribution is -0.133. The number of halogens is 4. The summed E-state index contributed by atoms with van der Waals surface area (Å²) in [5, 5.41) is -0.0501. The first-order chi connectivity index (χ1) is 16.8. The maximum absolute atomic E-state index is 15.6. The first-order valence-corrected chi connectivity index (χ1v) is 11.5. The second kappa shape index (κ2) is 8.90. The van der Waals surface area contributed by atoms with Crippen LogP contribution in [0.5, 0.6) is 5.75 Å². The van der Waals surface area contributed by atoms with Gasteiger partial charge in [0, 0.05) is 41.8 Å². The third-order valence-corrected chi connectivity index (χ3v) is 7.10. The Morgan fingerprint density at radius 1 is 1.19 bits per heavy atom. The van der Waals surface area contributed by atoms with E-state index in [9.17, 15) is 18.4 Å². The van der Waals surface area contributed by atoms with Crippen LogP contribution in [-0.2, 0) is 0 Å². The highest BCUT2D eigenvalue weighted by Gasteiger charge is 2.54. The van der Waals surface area contributed by atoms with Crippen LogP contribution in [0.3, 0.4) is 0 Å². The van der Waals surface area contributed by atoms with E-state index >= 15 is 8.78 Å². The highest BCUT2D eigenvalue weighted by molar-refractivity contribution is 6.03. The van der Waals surface area contributed by atoms with Crippen molar-refractivity contribution in [2.75, 3.05) is 7.11 Å². The molecule has 6 nitrogen and oxygen atoms in total. The van der Waals surface area contributed by atoms with Gasteiger partial charge >= 0.3 is 0 Å². The molecule has 0 radical (unpaired) electrons. The molecule has 1 aliphatic rings. The van der Waals surface area contributed by atoms with E-state index in [0.29, 0.717) is 0 Å². The average Bonchev–Trinajstić information content (AvgIpc) is 2.78. The second-order valence-corrected chi connectivity index (χ2v) is 10.4. The van der Waals surface area contributed by atoms with Crippen LogP contribution in [0.1, 0.15) is 67.2 Å². The molecule has 192 valence electrons. The highest BCUT2D eigenvalue weighted by atomic mass is 19.3. The molecular formula is C26H27F4N3O3. The summed E-state index contributed by atoms with van der Waals surface area (Å²) in [6.07, 6.45) is 0.575. The van der Waals surface area contributed by atoms with Gasteiger partial charge in [0.25, 0.3) is 11.8 Å². The molecule has 0 bridgehead atoms. The zero-order valence-corrected chi connectivity index (χ0v) is 20.3. The number of H-pyrrole nitrogens is 1. The van der Waals surface area contributed by atoms with Crippen LogP contribution in [0.25, 0.3) is 10.9 Å². The quantitative estimate of drug-likeness (QED) is 0.472. The van der Waals surface area contributed by atoms with Crippen LogP contribution in [0.4, 0.5) is 17.6 Å². The second-order valence-electron chi connectivity index (χ2n) is 10.4. The number of hydrogen-bond donors (Lipinski definition) is 2. The van der Waals surface area contributed by atoms with Crippen molar-refractivity contribution in [2.45, 2.75) is 51.4 Å². The Morgan fingerprint density at radius 3 is 2.50 bits per heavy atom. The number of pyridine rings is 2. The van der Waals surface area contributed by atoms with E-state index in [2.05, 4.69) is 9.97 Å². The summed E-state index contributed by atoms with van der Waals surface area (Å²) in [4.78, 5) is 31.7. The van der Waals surface area contributed by atoms with Crippen LogP contribution >= 0.6 is 0 Å². The topological polar surface area (TPSA) is 98.1 Å². The number of carbonyl (C=O) groups is 1. The first kappa shape index (κ1) is 25.7. The Morgan fingerprint density at radius 2 is 1.89 bits per heavy atom. The largest absolute Gasteiger partial charge is 0.493 e. The van der Waals surface area contributed by atoms with Crippen molar-refractivity contribution in [3.63, 3.8) is 0 Å². The number of rotatable bonds is 4. The number of methoxy groups -OCH3 is 1. The number of nitrogens with one attached hydrogen (secondary N) is 1. The molecule has 2 heterocycles. The van der Waals surface area contributed by atoms with E-state index < -0.39 is 58.5 Å². The molecule has 4 rings (SSSR count). The van der Waals surface area contributed by atoms with Crippen LogP contribution in [0.2, 0.25) is 0 Å². The zero-order chi connectivity index (χ0) is 26.6. The molecule has 1 aliphatic carbocycles. The van der Waals surface area contributed by atoms with E-state index in [4.69, 9.17) is 10.5 Å². The third-order valence-electron chi connectivity index (χ3n) is 7.10. The molecule has 10 heteroatoms. The van der Waals surface area contributed by atoms with E-state index in [1.54, 1.807) is 20.8 Å². The van der Waals surface area contributed by atoms with Gasteiger partial charge in [0.1, 0.15) is 5.69 Å². The Bertz CT molecular complexity index is 1400. The summed E-state index contributed by atoms with van der Waals surface area (Å²) in [5.41, 5.74) is 4.32. The number of aromatic amines is 1. The predicted molar refractivity (Wildman–Crippen MR) is 126 cm³/mol. The predicted octanol–water partition coefficient (Wildman–Crippen LogP) is 5.27. The Hall–Kier alpha value is -3.43. The number of aromatic nitrogens is 2. The molecule has 0 unspecified atom stereocenters. The van der Waals surface area contributed by atoms with Gasteiger partial charge in [-0.1, -0.05) is 26.8 Å². The molecule has 1 fully saturated rings. The fourth-order valence-electron chi connectivity index (χ4n) is 5.48. The molecule has 3 aromatic rings. The molecule has 1 saturated carbocycles. The lowest BCUT2D eigenvalue weighted by Gasteiger charge is -2.47. The first-order valence-electron chi connectivity index (χ1n) is 11.5. The van der Waals surface area contributed by atoms with Crippen molar-refractivity contribution in [3.8, 4) is 5.75 Å². The maximum Gasteiger partial charge on any atom is 0.268 e. The summed E-state index contributed by atoms with van der Waals surface area (Å²) in [6, 6.07) is 4.87. The molecule has 0 spiro atoms. The summed E-state index contributed by atoms with van der Waals surface area (Å²) >= 11 is 0. The normalized spacial score (nSPS) is 21.9. The third kappa shape index (κ3) is 4.33. The molecule has 2 aromatic heterocycles. The number of benzene rings is 1. The minimum atomic E-state index is -3.12. The van der Waals surface area contributed by atoms with E-state index in [-0.39, 0.29) is 40.0 Å².